The molecule has 0 aliphatic heterocycles. The number of hydrogen-bond donors (Lipinski definition) is 2. The van der Waals surface area contributed by atoms with Crippen molar-refractivity contribution in [2.75, 3.05) is 12.4 Å². The van der Waals surface area contributed by atoms with Crippen LogP contribution < -0.4 is 10.6 Å². The number of tetrazole rings is 1. The average Bonchev–Trinajstić information content (AvgIpc) is 3.55. The van der Waals surface area contributed by atoms with Crippen LogP contribution in [0.3, 0.4) is 0 Å². The van der Waals surface area contributed by atoms with E-state index in [0.717, 1.165) is 11.1 Å². The smallest absolute Gasteiger partial charge is 0.411 e. The number of aromatic nitrogens is 6. The van der Waals surface area contributed by atoms with E-state index >= 15 is 0 Å². The van der Waals surface area contributed by atoms with Crippen LogP contribution >= 0.6 is 11.6 Å². The molecule has 13 heteroatoms. The van der Waals surface area contributed by atoms with Gasteiger partial charge < -0.3 is 10.1 Å². The Balaban J connectivity index is 1.41. The molecule has 0 spiro atoms. The van der Waals surface area contributed by atoms with Gasteiger partial charge >= 0.3 is 6.09 Å². The largest absolute Gasteiger partial charge is 0.453 e. The second-order valence-corrected chi connectivity index (χ2v) is 9.69. The fourth-order valence-corrected chi connectivity index (χ4v) is 4.46. The minimum atomic E-state index is -0.648. The first-order chi connectivity index (χ1) is 20.9. The Hall–Kier alpha value is -5.49. The molecule has 2 aromatic heterocycles. The zero-order chi connectivity index (χ0) is 30.2. The molecule has 11 nitrogen and oxygen atoms in total. The molecule has 0 saturated heterocycles. The summed E-state index contributed by atoms with van der Waals surface area (Å²) in [5.41, 5.74) is 4.47. The maximum atomic E-state index is 14.0. The Morgan fingerprint density at radius 3 is 2.63 bits per heavy atom. The lowest BCUT2D eigenvalue weighted by Crippen LogP contribution is -2.29. The van der Waals surface area contributed by atoms with Crippen LogP contribution in [0.1, 0.15) is 22.9 Å². The number of rotatable bonds is 9. The molecule has 1 unspecified atom stereocenters. The highest BCUT2D eigenvalue weighted by Gasteiger charge is 2.18. The number of benzene rings is 3. The van der Waals surface area contributed by atoms with E-state index < -0.39 is 18.0 Å². The zero-order valence-electron chi connectivity index (χ0n) is 22.7. The third-order valence-electron chi connectivity index (χ3n) is 6.33. The molecule has 0 aliphatic rings. The fourth-order valence-electron chi connectivity index (χ4n) is 4.28. The number of anilines is 1. The lowest BCUT2D eigenvalue weighted by atomic mass is 10.00. The Bertz CT molecular complexity index is 1760. The van der Waals surface area contributed by atoms with Crippen LogP contribution in [0.25, 0.3) is 22.9 Å². The number of amides is 2. The van der Waals surface area contributed by atoms with Crippen molar-refractivity contribution < 1.29 is 18.7 Å². The summed E-state index contributed by atoms with van der Waals surface area (Å²) < 4.78 is 20.1. The van der Waals surface area contributed by atoms with Gasteiger partial charge in [-0.05, 0) is 82.6 Å². The van der Waals surface area contributed by atoms with Crippen molar-refractivity contribution in [3.63, 3.8) is 0 Å². The summed E-state index contributed by atoms with van der Waals surface area (Å²) in [7, 11) is 1.29. The van der Waals surface area contributed by atoms with E-state index in [1.165, 1.54) is 36.3 Å². The van der Waals surface area contributed by atoms with E-state index in [-0.39, 0.29) is 12.2 Å². The second-order valence-electron chi connectivity index (χ2n) is 9.25. The van der Waals surface area contributed by atoms with E-state index in [2.05, 4.69) is 41.1 Å². The van der Waals surface area contributed by atoms with Crippen LogP contribution in [0.5, 0.6) is 0 Å². The van der Waals surface area contributed by atoms with Crippen LogP contribution in [0.2, 0.25) is 5.02 Å². The molecule has 1 atom stereocenters. The van der Waals surface area contributed by atoms with Gasteiger partial charge in [0.05, 0.1) is 30.7 Å². The van der Waals surface area contributed by atoms with Crippen molar-refractivity contribution in [1.82, 2.24) is 35.7 Å². The predicted octanol–water partition coefficient (Wildman–Crippen LogP) is 5.20. The summed E-state index contributed by atoms with van der Waals surface area (Å²) in [5, 5.41) is 25.7. The van der Waals surface area contributed by atoms with Gasteiger partial charge in [-0.15, -0.1) is 5.10 Å². The molecule has 0 bridgehead atoms. The summed E-state index contributed by atoms with van der Waals surface area (Å²) in [6.45, 7) is 0. The van der Waals surface area contributed by atoms with Crippen molar-refractivity contribution in [2.45, 2.75) is 12.5 Å². The van der Waals surface area contributed by atoms with E-state index in [1.807, 2.05) is 12.1 Å². The SMILES string of the molecule is COC(=O)Nc1ccc(-c2cnnc(C(Cc3cccc(F)c3)NC(=O)C=Cc3cc(Cl)ccc3-n3cnnn3)c2)cc1. The third-order valence-corrected chi connectivity index (χ3v) is 6.56. The molecule has 0 radical (unpaired) electrons. The molecule has 2 heterocycles. The molecule has 0 aliphatic carbocycles. The molecule has 3 aromatic carbocycles. The molecule has 0 fully saturated rings. The maximum absolute atomic E-state index is 14.0. The summed E-state index contributed by atoms with van der Waals surface area (Å²) in [5.74, 6) is -0.812. The van der Waals surface area contributed by atoms with E-state index in [4.69, 9.17) is 11.6 Å². The van der Waals surface area contributed by atoms with Gasteiger partial charge in [-0.25, -0.2) is 9.18 Å². The van der Waals surface area contributed by atoms with Crippen LogP contribution in [-0.2, 0) is 16.0 Å². The number of hydrogen-bond acceptors (Lipinski definition) is 8. The van der Waals surface area contributed by atoms with Gasteiger partial charge in [0.1, 0.15) is 12.1 Å². The minimum Gasteiger partial charge on any atom is -0.453 e. The standard InChI is InChI=1S/C30H24ClFN8O3/c1-43-30(42)35-25-9-5-20(6-10-25)22-16-27(37-33-17-22)26(14-19-3-2-4-24(32)13-19)36-29(41)12-7-21-15-23(31)8-11-28(21)40-18-34-38-39-40/h2-13,15-18,26H,14H2,1H3,(H,35,42)(H,36,41). The first-order valence-electron chi connectivity index (χ1n) is 12.9. The molecule has 216 valence electrons. The number of ether oxygens (including phenoxy) is 1. The number of carbonyl (C=O) groups is 2. The average molecular weight is 599 g/mol. The monoisotopic (exact) mass is 598 g/mol. The summed E-state index contributed by atoms with van der Waals surface area (Å²) in [6.07, 6.45) is 5.67. The molecule has 5 rings (SSSR count). The second kappa shape index (κ2) is 13.4. The van der Waals surface area contributed by atoms with Gasteiger partial charge in [0.15, 0.2) is 0 Å². The molecule has 0 saturated carbocycles. The van der Waals surface area contributed by atoms with Crippen LogP contribution in [0, 0.1) is 5.82 Å². The topological polar surface area (TPSA) is 137 Å². The number of nitrogens with zero attached hydrogens (tertiary/aromatic N) is 6. The van der Waals surface area contributed by atoms with E-state index in [9.17, 15) is 14.0 Å². The normalized spacial score (nSPS) is 11.7. The van der Waals surface area contributed by atoms with Crippen molar-refractivity contribution in [3.8, 4) is 16.8 Å². The Kier molecular flexibility index (Phi) is 9.08. The Labute approximate surface area is 250 Å². The van der Waals surface area contributed by atoms with Crippen molar-refractivity contribution >= 4 is 35.4 Å². The summed E-state index contributed by atoms with van der Waals surface area (Å²) in [6, 6.07) is 19.5. The maximum Gasteiger partial charge on any atom is 0.411 e. The lowest BCUT2D eigenvalue weighted by Gasteiger charge is -2.18. The summed E-state index contributed by atoms with van der Waals surface area (Å²) in [4.78, 5) is 24.7. The Morgan fingerprint density at radius 1 is 1.05 bits per heavy atom. The number of halogens is 2. The third kappa shape index (κ3) is 7.63. The molecular formula is C30H24ClFN8O3. The summed E-state index contributed by atoms with van der Waals surface area (Å²) >= 11 is 6.20. The highest BCUT2D eigenvalue weighted by Crippen LogP contribution is 2.25. The van der Waals surface area contributed by atoms with Gasteiger partial charge in [0, 0.05) is 27.9 Å². The number of nitrogens with one attached hydrogen (secondary N) is 2. The van der Waals surface area contributed by atoms with E-state index in [1.54, 1.807) is 60.8 Å². The van der Waals surface area contributed by atoms with Crippen molar-refractivity contribution in [3.05, 3.63) is 119 Å². The lowest BCUT2D eigenvalue weighted by molar-refractivity contribution is -0.117. The zero-order valence-corrected chi connectivity index (χ0v) is 23.4. The van der Waals surface area contributed by atoms with Crippen LogP contribution in [0.15, 0.2) is 91.4 Å². The molecule has 2 N–H and O–H groups in total. The van der Waals surface area contributed by atoms with Gasteiger partial charge in [0.2, 0.25) is 5.91 Å². The number of carbonyl (C=O) groups excluding carboxylic acids is 2. The molecular weight excluding hydrogens is 575 g/mol. The van der Waals surface area contributed by atoms with Crippen molar-refractivity contribution in [1.29, 1.82) is 0 Å². The van der Waals surface area contributed by atoms with Crippen molar-refractivity contribution in [2.24, 2.45) is 0 Å². The molecule has 43 heavy (non-hydrogen) atoms. The quantitative estimate of drug-likeness (QED) is 0.221. The fraction of sp³-hybridized carbons (Fsp3) is 0.100. The van der Waals surface area contributed by atoms with E-state index in [0.29, 0.717) is 33.2 Å². The Morgan fingerprint density at radius 2 is 1.88 bits per heavy atom. The predicted molar refractivity (Wildman–Crippen MR) is 158 cm³/mol. The number of methoxy groups -OCH3 is 1. The van der Waals surface area contributed by atoms with Gasteiger partial charge in [-0.3, -0.25) is 10.1 Å². The highest BCUT2D eigenvalue weighted by atomic mass is 35.5. The first kappa shape index (κ1) is 29.0. The van der Waals surface area contributed by atoms with Crippen LogP contribution in [-0.4, -0.2) is 49.5 Å². The minimum absolute atomic E-state index is 0.254. The van der Waals surface area contributed by atoms with Crippen LogP contribution in [0.4, 0.5) is 14.9 Å². The molecule has 2 amide bonds. The highest BCUT2D eigenvalue weighted by molar-refractivity contribution is 6.30. The first-order valence-corrected chi connectivity index (χ1v) is 13.3. The van der Waals surface area contributed by atoms with Gasteiger partial charge in [0.25, 0.3) is 0 Å². The van der Waals surface area contributed by atoms with Gasteiger partial charge in [-0.2, -0.15) is 14.9 Å². The van der Waals surface area contributed by atoms with Gasteiger partial charge in [-0.1, -0.05) is 35.9 Å². The molecule has 5 aromatic rings.